The Kier molecular flexibility index (Phi) is 9.03. The molecule has 1 aliphatic rings. The molecule has 1 heterocycles. The first-order valence-corrected chi connectivity index (χ1v) is 10.9. The van der Waals surface area contributed by atoms with E-state index in [0.717, 1.165) is 0 Å². The molecule has 0 saturated carbocycles. The number of hydrogen-bond donors (Lipinski definition) is 2. The molecule has 3 atom stereocenters. The van der Waals surface area contributed by atoms with Crippen LogP contribution >= 0.6 is 7.60 Å². The van der Waals surface area contributed by atoms with Gasteiger partial charge < -0.3 is 28.9 Å². The fourth-order valence-corrected chi connectivity index (χ4v) is 5.16. The third-order valence-corrected chi connectivity index (χ3v) is 6.41. The zero-order valence-corrected chi connectivity index (χ0v) is 17.4. The molecule has 0 radical (unpaired) electrons. The predicted octanol–water partition coefficient (Wildman–Crippen LogP) is 2.62. The molecule has 1 saturated heterocycles. The number of aliphatic hydroxyl groups excluding tert-OH is 2. The number of amides is 1. The third kappa shape index (κ3) is 7.16. The maximum atomic E-state index is 12.8. The first-order valence-electron chi connectivity index (χ1n) is 9.21. The fraction of sp³-hybridized carbons (Fsp3) is 0.941. The van der Waals surface area contributed by atoms with Crippen molar-refractivity contribution in [2.45, 2.75) is 65.2 Å². The molecule has 0 aliphatic carbocycles. The molecule has 1 amide bonds. The van der Waals surface area contributed by atoms with Gasteiger partial charge in [-0.15, -0.1) is 0 Å². The lowest BCUT2D eigenvalue weighted by Gasteiger charge is -2.42. The van der Waals surface area contributed by atoms with Gasteiger partial charge in [0.05, 0.1) is 38.1 Å². The molecule has 0 bridgehead atoms. The number of carbonyl (C=O) groups excluding carboxylic acids is 1. The SMILES string of the molecule is CCOP(=O)(C[C@H]1CCN(C(=O)OC(C)(C)C)[C@@H]([C@H](O)CO)C1)OCC. The van der Waals surface area contributed by atoms with Gasteiger partial charge in [-0.3, -0.25) is 4.57 Å². The highest BCUT2D eigenvalue weighted by molar-refractivity contribution is 7.53. The highest BCUT2D eigenvalue weighted by Gasteiger charge is 2.40. The molecule has 0 aromatic carbocycles. The molecule has 8 nitrogen and oxygen atoms in total. The zero-order valence-electron chi connectivity index (χ0n) is 16.5. The third-order valence-electron chi connectivity index (χ3n) is 4.15. The number of carbonyl (C=O) groups is 1. The normalized spacial score (nSPS) is 23.0. The number of likely N-dealkylation sites (tertiary alicyclic amines) is 1. The van der Waals surface area contributed by atoms with Crippen molar-refractivity contribution in [3.05, 3.63) is 0 Å². The second-order valence-electron chi connectivity index (χ2n) is 7.51. The van der Waals surface area contributed by atoms with Crippen LogP contribution in [0.15, 0.2) is 0 Å². The summed E-state index contributed by atoms with van der Waals surface area (Å²) in [5.41, 5.74) is -0.651. The minimum Gasteiger partial charge on any atom is -0.444 e. The molecule has 0 aromatic heterocycles. The van der Waals surface area contributed by atoms with Gasteiger partial charge in [-0.05, 0) is 53.4 Å². The van der Waals surface area contributed by atoms with E-state index < -0.39 is 38.0 Å². The summed E-state index contributed by atoms with van der Waals surface area (Å²) >= 11 is 0. The van der Waals surface area contributed by atoms with Crippen LogP contribution in [0.5, 0.6) is 0 Å². The minimum atomic E-state index is -3.21. The first kappa shape index (κ1) is 23.4. The molecule has 9 heteroatoms. The molecule has 0 aromatic rings. The second-order valence-corrected chi connectivity index (χ2v) is 9.61. The van der Waals surface area contributed by atoms with Crippen LogP contribution in [0.25, 0.3) is 0 Å². The first-order chi connectivity index (χ1) is 12.0. The van der Waals surface area contributed by atoms with Crippen molar-refractivity contribution in [2.24, 2.45) is 5.92 Å². The maximum Gasteiger partial charge on any atom is 0.410 e. The van der Waals surface area contributed by atoms with Gasteiger partial charge >= 0.3 is 13.7 Å². The van der Waals surface area contributed by atoms with Gasteiger partial charge in [0.25, 0.3) is 0 Å². The lowest BCUT2D eigenvalue weighted by molar-refractivity contribution is -0.0360. The monoisotopic (exact) mass is 395 g/mol. The topological polar surface area (TPSA) is 106 Å². The Labute approximate surface area is 156 Å². The molecule has 26 heavy (non-hydrogen) atoms. The Bertz CT molecular complexity index is 484. The number of aliphatic hydroxyl groups is 2. The van der Waals surface area contributed by atoms with Gasteiger partial charge in [-0.2, -0.15) is 0 Å². The van der Waals surface area contributed by atoms with E-state index in [2.05, 4.69) is 0 Å². The van der Waals surface area contributed by atoms with E-state index in [1.807, 2.05) is 0 Å². The molecule has 1 rings (SSSR count). The highest BCUT2D eigenvalue weighted by Crippen LogP contribution is 2.51. The Morgan fingerprint density at radius 2 is 1.85 bits per heavy atom. The lowest BCUT2D eigenvalue weighted by Crippen LogP contribution is -2.54. The van der Waals surface area contributed by atoms with Crippen molar-refractivity contribution in [2.75, 3.05) is 32.5 Å². The number of piperidine rings is 1. The van der Waals surface area contributed by atoms with Gasteiger partial charge in [0.1, 0.15) is 5.60 Å². The number of ether oxygens (including phenoxy) is 1. The molecular weight excluding hydrogens is 361 g/mol. The van der Waals surface area contributed by atoms with Gasteiger partial charge in [-0.1, -0.05) is 0 Å². The van der Waals surface area contributed by atoms with Gasteiger partial charge in [-0.25, -0.2) is 4.79 Å². The molecular formula is C17H34NO7P. The van der Waals surface area contributed by atoms with E-state index in [9.17, 15) is 19.6 Å². The Balaban J connectivity index is 2.86. The summed E-state index contributed by atoms with van der Waals surface area (Å²) in [4.78, 5) is 13.9. The highest BCUT2D eigenvalue weighted by atomic mass is 31.2. The summed E-state index contributed by atoms with van der Waals surface area (Å²) in [6.07, 6.45) is -0.399. The van der Waals surface area contributed by atoms with Crippen LogP contribution in [0.4, 0.5) is 4.79 Å². The summed E-state index contributed by atoms with van der Waals surface area (Å²) in [6.45, 7) is 9.29. The maximum absolute atomic E-state index is 12.8. The van der Waals surface area contributed by atoms with Crippen LogP contribution in [-0.2, 0) is 18.3 Å². The van der Waals surface area contributed by atoms with Crippen LogP contribution in [0.3, 0.4) is 0 Å². The summed E-state index contributed by atoms with van der Waals surface area (Å²) in [5.74, 6) is -0.0520. The van der Waals surface area contributed by atoms with Crippen LogP contribution in [0.2, 0.25) is 0 Å². The van der Waals surface area contributed by atoms with E-state index in [1.54, 1.807) is 34.6 Å². The van der Waals surface area contributed by atoms with Crippen molar-refractivity contribution in [1.82, 2.24) is 4.90 Å². The van der Waals surface area contributed by atoms with Crippen LogP contribution < -0.4 is 0 Å². The quantitative estimate of drug-likeness (QED) is 0.609. The van der Waals surface area contributed by atoms with Crippen molar-refractivity contribution < 1.29 is 33.4 Å². The second kappa shape index (κ2) is 10.0. The van der Waals surface area contributed by atoms with E-state index in [-0.39, 0.29) is 25.3 Å². The molecule has 1 aliphatic heterocycles. The number of rotatable bonds is 8. The molecule has 0 spiro atoms. The van der Waals surface area contributed by atoms with Gasteiger partial charge in [0.15, 0.2) is 0 Å². The van der Waals surface area contributed by atoms with E-state index in [4.69, 9.17) is 13.8 Å². The Morgan fingerprint density at radius 3 is 2.31 bits per heavy atom. The van der Waals surface area contributed by atoms with Crippen LogP contribution in [0, 0.1) is 5.92 Å². The smallest absolute Gasteiger partial charge is 0.410 e. The summed E-state index contributed by atoms with van der Waals surface area (Å²) in [6, 6.07) is -0.606. The molecule has 1 fully saturated rings. The lowest BCUT2D eigenvalue weighted by atomic mass is 9.89. The molecule has 2 N–H and O–H groups in total. The van der Waals surface area contributed by atoms with Crippen molar-refractivity contribution in [1.29, 1.82) is 0 Å². The predicted molar refractivity (Wildman–Crippen MR) is 98.3 cm³/mol. The van der Waals surface area contributed by atoms with Crippen molar-refractivity contribution >= 4 is 13.7 Å². The largest absolute Gasteiger partial charge is 0.444 e. The van der Waals surface area contributed by atoms with Gasteiger partial charge in [0, 0.05) is 6.54 Å². The fourth-order valence-electron chi connectivity index (χ4n) is 3.13. The minimum absolute atomic E-state index is 0.0520. The van der Waals surface area contributed by atoms with Crippen molar-refractivity contribution in [3.63, 3.8) is 0 Å². The van der Waals surface area contributed by atoms with Crippen LogP contribution in [-0.4, -0.2) is 71.5 Å². The Hall–Kier alpha value is -0.660. The van der Waals surface area contributed by atoms with Crippen LogP contribution in [0.1, 0.15) is 47.5 Å². The Morgan fingerprint density at radius 1 is 1.27 bits per heavy atom. The molecule has 0 unspecified atom stereocenters. The van der Waals surface area contributed by atoms with Crippen molar-refractivity contribution in [3.8, 4) is 0 Å². The average Bonchev–Trinajstić information content (AvgIpc) is 2.52. The summed E-state index contributed by atoms with van der Waals surface area (Å²) in [7, 11) is -3.21. The van der Waals surface area contributed by atoms with Gasteiger partial charge in [0.2, 0.25) is 0 Å². The van der Waals surface area contributed by atoms with E-state index in [1.165, 1.54) is 4.90 Å². The van der Waals surface area contributed by atoms with E-state index in [0.29, 0.717) is 19.4 Å². The standard InChI is InChI=1S/C17H34NO7P/c1-6-23-26(22,24-7-2)12-13-8-9-18(14(10-13)15(20)11-19)16(21)25-17(3,4)5/h13-15,19-20H,6-12H2,1-5H3/t13-,14+,15+/m0/s1. The number of hydrogen-bond acceptors (Lipinski definition) is 7. The number of nitrogens with zero attached hydrogens (tertiary/aromatic N) is 1. The molecule has 154 valence electrons. The summed E-state index contributed by atoms with van der Waals surface area (Å²) in [5, 5.41) is 19.6. The summed E-state index contributed by atoms with van der Waals surface area (Å²) < 4.78 is 28.9. The van der Waals surface area contributed by atoms with E-state index >= 15 is 0 Å². The zero-order chi connectivity index (χ0) is 20.0. The average molecular weight is 395 g/mol.